The Morgan fingerprint density at radius 1 is 1.50 bits per heavy atom. The molecular formula is C12H17BrN2O3. The third kappa shape index (κ3) is 4.36. The van der Waals surface area contributed by atoms with Crippen molar-refractivity contribution in [2.24, 2.45) is 0 Å². The third-order valence-electron chi connectivity index (χ3n) is 2.69. The van der Waals surface area contributed by atoms with Crippen LogP contribution in [0, 0.1) is 10.1 Å². The van der Waals surface area contributed by atoms with E-state index in [9.17, 15) is 10.1 Å². The Hall–Kier alpha value is -0.980. The highest BCUT2D eigenvalue weighted by Crippen LogP contribution is 2.26. The quantitative estimate of drug-likeness (QED) is 0.620. The van der Waals surface area contributed by atoms with Crippen molar-refractivity contribution in [2.45, 2.75) is 19.9 Å². The van der Waals surface area contributed by atoms with Gasteiger partial charge in [0, 0.05) is 25.8 Å². The van der Waals surface area contributed by atoms with Gasteiger partial charge in [0.2, 0.25) is 0 Å². The summed E-state index contributed by atoms with van der Waals surface area (Å²) in [6.07, 6.45) is 0.715. The highest BCUT2D eigenvalue weighted by Gasteiger charge is 2.13. The summed E-state index contributed by atoms with van der Waals surface area (Å²) in [5.74, 6) is 0. The SMILES string of the molecule is CCN(CCCO)Cc1ccc(Br)c([N+](=O)[O-])c1. The van der Waals surface area contributed by atoms with E-state index >= 15 is 0 Å². The number of nitro groups is 1. The van der Waals surface area contributed by atoms with Crippen LogP contribution in [0.4, 0.5) is 5.69 Å². The van der Waals surface area contributed by atoms with Crippen molar-refractivity contribution in [1.82, 2.24) is 4.90 Å². The highest BCUT2D eigenvalue weighted by molar-refractivity contribution is 9.10. The molecule has 1 aromatic rings. The summed E-state index contributed by atoms with van der Waals surface area (Å²) in [6, 6.07) is 5.16. The molecule has 0 heterocycles. The monoisotopic (exact) mass is 316 g/mol. The minimum atomic E-state index is -0.391. The van der Waals surface area contributed by atoms with Gasteiger partial charge in [-0.2, -0.15) is 0 Å². The lowest BCUT2D eigenvalue weighted by Gasteiger charge is -2.19. The summed E-state index contributed by atoms with van der Waals surface area (Å²) in [5.41, 5.74) is 0.996. The van der Waals surface area contributed by atoms with Crippen LogP contribution in [0.3, 0.4) is 0 Å². The first kappa shape index (κ1) is 15.1. The van der Waals surface area contributed by atoms with Gasteiger partial charge in [-0.3, -0.25) is 15.0 Å². The zero-order chi connectivity index (χ0) is 13.5. The van der Waals surface area contributed by atoms with Gasteiger partial charge in [-0.15, -0.1) is 0 Å². The number of nitrogens with zero attached hydrogens (tertiary/aromatic N) is 2. The summed E-state index contributed by atoms with van der Waals surface area (Å²) in [4.78, 5) is 12.6. The van der Waals surface area contributed by atoms with Crippen LogP contribution in [0.25, 0.3) is 0 Å². The Labute approximate surface area is 115 Å². The van der Waals surface area contributed by atoms with E-state index in [1.807, 2.05) is 13.0 Å². The highest BCUT2D eigenvalue weighted by atomic mass is 79.9. The zero-order valence-corrected chi connectivity index (χ0v) is 11.9. The first-order valence-electron chi connectivity index (χ1n) is 5.84. The number of aliphatic hydroxyl groups is 1. The van der Waals surface area contributed by atoms with E-state index < -0.39 is 4.92 Å². The summed E-state index contributed by atoms with van der Waals surface area (Å²) in [7, 11) is 0. The second-order valence-electron chi connectivity index (χ2n) is 3.99. The molecule has 0 saturated heterocycles. The van der Waals surface area contributed by atoms with Crippen LogP contribution < -0.4 is 0 Å². The predicted octanol–water partition coefficient (Wildman–Crippen LogP) is 2.56. The fraction of sp³-hybridized carbons (Fsp3) is 0.500. The fourth-order valence-corrected chi connectivity index (χ4v) is 2.09. The molecule has 5 nitrogen and oxygen atoms in total. The molecular weight excluding hydrogens is 300 g/mol. The summed E-state index contributed by atoms with van der Waals surface area (Å²) >= 11 is 3.17. The predicted molar refractivity (Wildman–Crippen MR) is 73.5 cm³/mol. The van der Waals surface area contributed by atoms with Crippen molar-refractivity contribution >= 4 is 21.6 Å². The molecule has 0 spiro atoms. The zero-order valence-electron chi connectivity index (χ0n) is 10.3. The molecule has 0 aliphatic carbocycles. The molecule has 0 aromatic heterocycles. The molecule has 0 unspecified atom stereocenters. The molecule has 18 heavy (non-hydrogen) atoms. The summed E-state index contributed by atoms with van der Waals surface area (Å²) < 4.78 is 0.495. The average molecular weight is 317 g/mol. The first-order valence-corrected chi connectivity index (χ1v) is 6.63. The minimum absolute atomic E-state index is 0.0886. The second-order valence-corrected chi connectivity index (χ2v) is 4.84. The van der Waals surface area contributed by atoms with Gasteiger partial charge in [-0.1, -0.05) is 13.0 Å². The van der Waals surface area contributed by atoms with Crippen LogP contribution in [-0.2, 0) is 6.54 Å². The van der Waals surface area contributed by atoms with Crippen LogP contribution >= 0.6 is 15.9 Å². The molecule has 0 saturated carbocycles. The van der Waals surface area contributed by atoms with Gasteiger partial charge in [0.15, 0.2) is 0 Å². The van der Waals surface area contributed by atoms with Gasteiger partial charge in [0.1, 0.15) is 0 Å². The number of nitro benzene ring substituents is 1. The number of hydrogen-bond acceptors (Lipinski definition) is 4. The molecule has 6 heteroatoms. The number of rotatable bonds is 7. The molecule has 1 N–H and O–H groups in total. The molecule has 0 atom stereocenters. The van der Waals surface area contributed by atoms with E-state index in [1.165, 1.54) is 0 Å². The Kier molecular flexibility index (Phi) is 6.24. The maximum Gasteiger partial charge on any atom is 0.283 e. The maximum atomic E-state index is 10.8. The molecule has 1 rings (SSSR count). The molecule has 0 aliphatic rings. The van der Waals surface area contributed by atoms with Gasteiger partial charge in [0.05, 0.1) is 9.40 Å². The van der Waals surface area contributed by atoms with Crippen LogP contribution in [0.5, 0.6) is 0 Å². The molecule has 0 bridgehead atoms. The number of benzene rings is 1. The lowest BCUT2D eigenvalue weighted by molar-refractivity contribution is -0.385. The van der Waals surface area contributed by atoms with Crippen molar-refractivity contribution in [2.75, 3.05) is 19.7 Å². The van der Waals surface area contributed by atoms with Gasteiger partial charge >= 0.3 is 0 Å². The van der Waals surface area contributed by atoms with Crippen molar-refractivity contribution in [1.29, 1.82) is 0 Å². The van der Waals surface area contributed by atoms with Crippen molar-refractivity contribution in [3.05, 3.63) is 38.3 Å². The van der Waals surface area contributed by atoms with Gasteiger partial charge in [-0.25, -0.2) is 0 Å². The normalized spacial score (nSPS) is 10.9. The molecule has 0 amide bonds. The van der Waals surface area contributed by atoms with E-state index in [0.717, 1.165) is 18.7 Å². The fourth-order valence-electron chi connectivity index (χ4n) is 1.70. The van der Waals surface area contributed by atoms with Crippen molar-refractivity contribution in [3.8, 4) is 0 Å². The lowest BCUT2D eigenvalue weighted by atomic mass is 10.2. The average Bonchev–Trinajstić information content (AvgIpc) is 2.36. The maximum absolute atomic E-state index is 10.8. The second kappa shape index (κ2) is 7.45. The van der Waals surface area contributed by atoms with E-state index in [4.69, 9.17) is 5.11 Å². The van der Waals surface area contributed by atoms with E-state index in [0.29, 0.717) is 17.4 Å². The Morgan fingerprint density at radius 3 is 2.78 bits per heavy atom. The molecule has 0 fully saturated rings. The molecule has 1 aromatic carbocycles. The smallest absolute Gasteiger partial charge is 0.283 e. The summed E-state index contributed by atoms with van der Waals surface area (Å²) in [5, 5.41) is 19.6. The Balaban J connectivity index is 2.77. The van der Waals surface area contributed by atoms with Crippen molar-refractivity contribution in [3.63, 3.8) is 0 Å². The van der Waals surface area contributed by atoms with Crippen LogP contribution in [0.1, 0.15) is 18.9 Å². The molecule has 0 aliphatic heterocycles. The van der Waals surface area contributed by atoms with Crippen LogP contribution in [-0.4, -0.2) is 34.6 Å². The van der Waals surface area contributed by atoms with Gasteiger partial charge in [-0.05, 0) is 40.5 Å². The third-order valence-corrected chi connectivity index (χ3v) is 3.36. The van der Waals surface area contributed by atoms with Crippen molar-refractivity contribution < 1.29 is 10.0 Å². The van der Waals surface area contributed by atoms with Crippen LogP contribution in [0.2, 0.25) is 0 Å². The number of halogens is 1. The Bertz CT molecular complexity index is 412. The standard InChI is InChI=1S/C12H17BrN2O3/c1-2-14(6-3-7-16)9-10-4-5-11(13)12(8-10)15(17)18/h4-5,8,16H,2-3,6-7,9H2,1H3. The molecule has 100 valence electrons. The molecule has 0 radical (unpaired) electrons. The summed E-state index contributed by atoms with van der Waals surface area (Å²) in [6.45, 7) is 4.49. The minimum Gasteiger partial charge on any atom is -0.396 e. The number of hydrogen-bond donors (Lipinski definition) is 1. The van der Waals surface area contributed by atoms with Gasteiger partial charge in [0.25, 0.3) is 5.69 Å². The van der Waals surface area contributed by atoms with E-state index in [2.05, 4.69) is 20.8 Å². The van der Waals surface area contributed by atoms with Crippen LogP contribution in [0.15, 0.2) is 22.7 Å². The first-order chi connectivity index (χ1) is 8.58. The van der Waals surface area contributed by atoms with E-state index in [1.54, 1.807) is 12.1 Å². The topological polar surface area (TPSA) is 66.6 Å². The lowest BCUT2D eigenvalue weighted by Crippen LogP contribution is -2.24. The number of aliphatic hydroxyl groups excluding tert-OH is 1. The van der Waals surface area contributed by atoms with Gasteiger partial charge < -0.3 is 5.11 Å². The Morgan fingerprint density at radius 2 is 2.22 bits per heavy atom. The van der Waals surface area contributed by atoms with E-state index in [-0.39, 0.29) is 12.3 Å². The largest absolute Gasteiger partial charge is 0.396 e.